The van der Waals surface area contributed by atoms with Gasteiger partial charge in [0.05, 0.1) is 17.1 Å². The van der Waals surface area contributed by atoms with E-state index in [1.54, 1.807) is 17.0 Å². The van der Waals surface area contributed by atoms with Gasteiger partial charge in [0.2, 0.25) is 0 Å². The number of carbonyl (C=O) groups is 2. The Morgan fingerprint density at radius 1 is 0.946 bits per heavy atom. The second-order valence-corrected chi connectivity index (χ2v) is 10.7. The first-order valence-corrected chi connectivity index (χ1v) is 13.7. The number of thioether (sulfide) groups is 1. The Bertz CT molecular complexity index is 1310. The molecule has 0 unspecified atom stereocenters. The molecule has 6 rings (SSSR count). The van der Waals surface area contributed by atoms with E-state index in [2.05, 4.69) is 10.3 Å². The number of hydrogen-bond donors (Lipinski definition) is 1. The van der Waals surface area contributed by atoms with Crippen LogP contribution in [0.25, 0.3) is 23.2 Å². The maximum atomic E-state index is 12.3. The summed E-state index contributed by atoms with van der Waals surface area (Å²) in [5.74, 6) is 1.75. The number of aromatic nitrogens is 3. The molecule has 1 aliphatic heterocycles. The van der Waals surface area contributed by atoms with Crippen LogP contribution in [0.5, 0.6) is 11.5 Å². The minimum atomic E-state index is -0.407. The Labute approximate surface area is 219 Å². The molecule has 9 heteroatoms. The van der Waals surface area contributed by atoms with Crippen molar-refractivity contribution in [2.45, 2.75) is 63.6 Å². The summed E-state index contributed by atoms with van der Waals surface area (Å²) in [5, 5.41) is 6.80. The third kappa shape index (κ3) is 5.41. The number of nitrogens with zero attached hydrogens (tertiary/aromatic N) is 3. The highest BCUT2D eigenvalue weighted by Gasteiger charge is 2.27. The van der Waals surface area contributed by atoms with Gasteiger partial charge in [-0.05, 0) is 93.5 Å². The van der Waals surface area contributed by atoms with E-state index in [4.69, 9.17) is 14.6 Å². The average molecular weight is 517 g/mol. The van der Waals surface area contributed by atoms with Gasteiger partial charge in [-0.1, -0.05) is 6.07 Å². The van der Waals surface area contributed by atoms with Crippen LogP contribution in [0.2, 0.25) is 0 Å². The predicted octanol–water partition coefficient (Wildman–Crippen LogP) is 5.90. The van der Waals surface area contributed by atoms with Gasteiger partial charge in [0.25, 0.3) is 11.1 Å². The summed E-state index contributed by atoms with van der Waals surface area (Å²) >= 11 is 0.886. The molecule has 2 saturated carbocycles. The van der Waals surface area contributed by atoms with Crippen LogP contribution in [-0.2, 0) is 4.79 Å². The fraction of sp³-hybridized carbons (Fsp3) is 0.357. The van der Waals surface area contributed by atoms with Crippen LogP contribution in [-0.4, -0.2) is 38.1 Å². The van der Waals surface area contributed by atoms with Crippen LogP contribution in [0.3, 0.4) is 0 Å². The van der Waals surface area contributed by atoms with Gasteiger partial charge < -0.3 is 9.47 Å². The van der Waals surface area contributed by atoms with Crippen molar-refractivity contribution in [1.29, 1.82) is 0 Å². The summed E-state index contributed by atoms with van der Waals surface area (Å²) in [4.78, 5) is 28.8. The second-order valence-electron chi connectivity index (χ2n) is 9.66. The van der Waals surface area contributed by atoms with E-state index >= 15 is 0 Å². The molecular formula is C28H28N4O4S. The number of benzene rings is 1. The zero-order valence-electron chi connectivity index (χ0n) is 20.4. The lowest BCUT2D eigenvalue weighted by atomic mass is 10.1. The van der Waals surface area contributed by atoms with E-state index in [1.807, 2.05) is 42.6 Å². The molecule has 37 heavy (non-hydrogen) atoms. The molecule has 190 valence electrons. The molecule has 8 nitrogen and oxygen atoms in total. The van der Waals surface area contributed by atoms with Gasteiger partial charge in [-0.3, -0.25) is 14.9 Å². The zero-order chi connectivity index (χ0) is 25.2. The monoisotopic (exact) mass is 516 g/mol. The lowest BCUT2D eigenvalue weighted by Crippen LogP contribution is -2.17. The summed E-state index contributed by atoms with van der Waals surface area (Å²) in [6, 6.07) is 11.6. The lowest BCUT2D eigenvalue weighted by Gasteiger charge is -2.18. The highest BCUT2D eigenvalue weighted by Crippen LogP contribution is 2.37. The first-order chi connectivity index (χ1) is 18.1. The van der Waals surface area contributed by atoms with Crippen molar-refractivity contribution in [2.24, 2.45) is 0 Å². The normalized spacial score (nSPS) is 19.6. The molecule has 0 spiro atoms. The van der Waals surface area contributed by atoms with E-state index in [9.17, 15) is 9.59 Å². The van der Waals surface area contributed by atoms with Crippen molar-refractivity contribution in [3.8, 4) is 28.6 Å². The first-order valence-electron chi connectivity index (χ1n) is 12.9. The quantitative estimate of drug-likeness (QED) is 0.391. The molecule has 2 amide bonds. The SMILES string of the molecule is O=C1NC(=O)/C(=C/c2cn(-c3ccccn3)nc2-c2cc(OC3CCCC3)cc(OC3CCCC3)c2)S1. The number of imide groups is 1. The van der Waals surface area contributed by atoms with Gasteiger partial charge in [0, 0.05) is 29.6 Å². The maximum absolute atomic E-state index is 12.3. The molecular weight excluding hydrogens is 488 g/mol. The van der Waals surface area contributed by atoms with Gasteiger partial charge >= 0.3 is 0 Å². The molecule has 3 aliphatic rings. The molecule has 1 N–H and O–H groups in total. The summed E-state index contributed by atoms with van der Waals surface area (Å²) in [7, 11) is 0. The van der Waals surface area contributed by atoms with Crippen molar-refractivity contribution in [2.75, 3.05) is 0 Å². The fourth-order valence-corrected chi connectivity index (χ4v) is 5.80. The number of hydrogen-bond acceptors (Lipinski definition) is 7. The third-order valence-electron chi connectivity index (χ3n) is 6.92. The largest absolute Gasteiger partial charge is 0.490 e. The van der Waals surface area contributed by atoms with Crippen molar-refractivity contribution in [3.05, 3.63) is 59.3 Å². The Balaban J connectivity index is 1.43. The van der Waals surface area contributed by atoms with Gasteiger partial charge in [-0.2, -0.15) is 5.10 Å². The molecule has 1 aromatic carbocycles. The smallest absolute Gasteiger partial charge is 0.290 e. The molecule has 0 bridgehead atoms. The van der Waals surface area contributed by atoms with Crippen LogP contribution in [0.15, 0.2) is 53.7 Å². The zero-order valence-corrected chi connectivity index (χ0v) is 21.2. The number of carbonyl (C=O) groups excluding carboxylic acids is 2. The van der Waals surface area contributed by atoms with E-state index in [0.717, 1.165) is 54.5 Å². The van der Waals surface area contributed by atoms with Crippen molar-refractivity contribution in [1.82, 2.24) is 20.1 Å². The Kier molecular flexibility index (Phi) is 6.70. The topological polar surface area (TPSA) is 95.3 Å². The minimum absolute atomic E-state index is 0.201. The average Bonchev–Trinajstić information content (AvgIpc) is 3.70. The van der Waals surface area contributed by atoms with Crippen LogP contribution in [0.1, 0.15) is 56.9 Å². The second kappa shape index (κ2) is 10.4. The third-order valence-corrected chi connectivity index (χ3v) is 7.73. The predicted molar refractivity (Wildman–Crippen MR) is 142 cm³/mol. The highest BCUT2D eigenvalue weighted by molar-refractivity contribution is 8.18. The van der Waals surface area contributed by atoms with Crippen molar-refractivity contribution in [3.63, 3.8) is 0 Å². The van der Waals surface area contributed by atoms with Crippen LogP contribution < -0.4 is 14.8 Å². The van der Waals surface area contributed by atoms with Crippen molar-refractivity contribution < 1.29 is 19.1 Å². The van der Waals surface area contributed by atoms with Gasteiger partial charge in [-0.25, -0.2) is 9.67 Å². The molecule has 1 saturated heterocycles. The lowest BCUT2D eigenvalue weighted by molar-refractivity contribution is -0.115. The minimum Gasteiger partial charge on any atom is -0.490 e. The standard InChI is InChI=1S/C28H28N4O4S/c33-27-24(37-28(34)30-27)15-19-17-32(25-11-5-6-12-29-25)31-26(19)18-13-22(35-20-7-1-2-8-20)16-23(14-18)36-21-9-3-4-10-21/h5-6,11-17,20-21H,1-4,7-10H2,(H,30,33,34)/b24-15-. The number of rotatable bonds is 7. The molecule has 0 radical (unpaired) electrons. The van der Waals surface area contributed by atoms with Gasteiger partial charge in [0.15, 0.2) is 5.82 Å². The maximum Gasteiger partial charge on any atom is 0.290 e. The summed E-state index contributed by atoms with van der Waals surface area (Å²) in [6.07, 6.45) is 14.6. The highest BCUT2D eigenvalue weighted by atomic mass is 32.2. The Morgan fingerprint density at radius 3 is 2.19 bits per heavy atom. The van der Waals surface area contributed by atoms with E-state index < -0.39 is 5.91 Å². The van der Waals surface area contributed by atoms with Crippen LogP contribution in [0.4, 0.5) is 4.79 Å². The van der Waals surface area contributed by atoms with E-state index in [0.29, 0.717) is 22.0 Å². The van der Waals surface area contributed by atoms with E-state index in [-0.39, 0.29) is 17.4 Å². The Morgan fingerprint density at radius 2 is 1.62 bits per heavy atom. The van der Waals surface area contributed by atoms with E-state index in [1.165, 1.54) is 25.7 Å². The number of pyridine rings is 1. The van der Waals surface area contributed by atoms with Gasteiger partial charge in [0.1, 0.15) is 17.2 Å². The van der Waals surface area contributed by atoms with Crippen LogP contribution >= 0.6 is 11.8 Å². The first kappa shape index (κ1) is 23.8. The fourth-order valence-electron chi connectivity index (χ4n) is 5.13. The Hall–Kier alpha value is -3.59. The molecule has 2 aromatic heterocycles. The number of nitrogens with one attached hydrogen (secondary N) is 1. The van der Waals surface area contributed by atoms with Crippen LogP contribution in [0, 0.1) is 0 Å². The molecule has 3 aromatic rings. The molecule has 0 atom stereocenters. The molecule has 3 fully saturated rings. The molecule has 3 heterocycles. The number of amides is 2. The van der Waals surface area contributed by atoms with Gasteiger partial charge in [-0.15, -0.1) is 0 Å². The summed E-state index contributed by atoms with van der Waals surface area (Å²) in [6.45, 7) is 0. The van der Waals surface area contributed by atoms with Crippen molar-refractivity contribution >= 4 is 29.0 Å². The number of ether oxygens (including phenoxy) is 2. The summed E-state index contributed by atoms with van der Waals surface area (Å²) < 4.78 is 14.5. The summed E-state index contributed by atoms with van der Waals surface area (Å²) in [5.41, 5.74) is 2.17. The molecule has 2 aliphatic carbocycles.